The minimum absolute atomic E-state index is 0.108. The summed E-state index contributed by atoms with van der Waals surface area (Å²) in [6.45, 7) is 0. The first-order valence-corrected chi connectivity index (χ1v) is 4.48. The first-order chi connectivity index (χ1) is 5.25. The average molecular weight is 217 g/mol. The number of aliphatic hydroxyl groups excluding tert-OH is 1. The minimum atomic E-state index is -0.108. The van der Waals surface area contributed by atoms with Crippen LogP contribution in [-0.2, 0) is 0 Å². The summed E-state index contributed by atoms with van der Waals surface area (Å²) >= 11 is 3.24. The molecule has 2 nitrogen and oxygen atoms in total. The molecule has 1 aliphatic carbocycles. The largest absolute Gasteiger partial charge is 0.454 e. The molecule has 60 valence electrons. The van der Waals surface area contributed by atoms with Crippen LogP contribution in [0.2, 0.25) is 0 Å². The Balaban J connectivity index is 2.07. The molecule has 1 saturated carbocycles. The van der Waals surface area contributed by atoms with Gasteiger partial charge in [0.25, 0.3) is 0 Å². The molecule has 11 heavy (non-hydrogen) atoms. The number of hydrogen-bond acceptors (Lipinski definition) is 2. The van der Waals surface area contributed by atoms with Crippen LogP contribution in [0.4, 0.5) is 0 Å². The van der Waals surface area contributed by atoms with E-state index in [1.165, 1.54) is 0 Å². The third kappa shape index (κ3) is 1.35. The molecule has 1 aromatic rings. The van der Waals surface area contributed by atoms with Crippen LogP contribution in [0.1, 0.15) is 24.5 Å². The van der Waals surface area contributed by atoms with Gasteiger partial charge in [-0.1, -0.05) is 0 Å². The maximum Gasteiger partial charge on any atom is 0.169 e. The van der Waals surface area contributed by atoms with Crippen LogP contribution in [0.5, 0.6) is 0 Å². The highest BCUT2D eigenvalue weighted by Crippen LogP contribution is 2.38. The number of furan rings is 1. The minimum Gasteiger partial charge on any atom is -0.454 e. The van der Waals surface area contributed by atoms with Gasteiger partial charge in [-0.05, 0) is 40.9 Å². The van der Waals surface area contributed by atoms with E-state index >= 15 is 0 Å². The van der Waals surface area contributed by atoms with Gasteiger partial charge in [-0.15, -0.1) is 0 Å². The number of halogens is 1. The highest BCUT2D eigenvalue weighted by atomic mass is 79.9. The summed E-state index contributed by atoms with van der Waals surface area (Å²) in [6, 6.07) is 3.85. The van der Waals surface area contributed by atoms with E-state index in [9.17, 15) is 0 Å². The predicted molar refractivity (Wildman–Crippen MR) is 44.4 cm³/mol. The normalized spacial score (nSPS) is 30.0. The Labute approximate surface area is 73.3 Å². The maximum atomic E-state index is 9.03. The van der Waals surface area contributed by atoms with E-state index in [0.717, 1.165) is 23.3 Å². The molecule has 0 aliphatic heterocycles. The van der Waals surface area contributed by atoms with Crippen molar-refractivity contribution in [2.24, 2.45) is 0 Å². The summed E-state index contributed by atoms with van der Waals surface area (Å²) in [6.07, 6.45) is 1.59. The predicted octanol–water partition coefficient (Wildman–Crippen LogP) is 2.28. The van der Waals surface area contributed by atoms with Crippen LogP contribution in [0, 0.1) is 0 Å². The van der Waals surface area contributed by atoms with Gasteiger partial charge in [0.2, 0.25) is 0 Å². The van der Waals surface area contributed by atoms with Gasteiger partial charge in [0, 0.05) is 5.92 Å². The molecule has 0 unspecified atom stereocenters. The second kappa shape index (κ2) is 2.64. The lowest BCUT2D eigenvalue weighted by Gasteiger charge is -2.29. The SMILES string of the molecule is OC1CC(c2ccc(Br)o2)C1. The second-order valence-corrected chi connectivity index (χ2v) is 3.75. The Hall–Kier alpha value is -0.280. The lowest BCUT2D eigenvalue weighted by molar-refractivity contribution is 0.0665. The molecule has 1 aromatic heterocycles. The molecule has 2 rings (SSSR count). The molecule has 0 atom stereocenters. The van der Waals surface area contributed by atoms with Crippen molar-refractivity contribution in [3.05, 3.63) is 22.6 Å². The van der Waals surface area contributed by atoms with Crippen LogP contribution < -0.4 is 0 Å². The van der Waals surface area contributed by atoms with Crippen molar-refractivity contribution in [2.75, 3.05) is 0 Å². The van der Waals surface area contributed by atoms with Crippen molar-refractivity contribution in [1.82, 2.24) is 0 Å². The molecule has 1 heterocycles. The zero-order valence-electron chi connectivity index (χ0n) is 5.96. The lowest BCUT2D eigenvalue weighted by Crippen LogP contribution is -2.25. The Kier molecular flexibility index (Phi) is 1.77. The molecule has 0 amide bonds. The molecule has 0 aromatic carbocycles. The Bertz CT molecular complexity index is 250. The Morgan fingerprint density at radius 3 is 2.64 bits per heavy atom. The fourth-order valence-corrected chi connectivity index (χ4v) is 1.69. The third-order valence-electron chi connectivity index (χ3n) is 2.11. The molecule has 1 N–H and O–H groups in total. The summed E-state index contributed by atoms with van der Waals surface area (Å²) < 4.78 is 6.11. The maximum absolute atomic E-state index is 9.03. The summed E-state index contributed by atoms with van der Waals surface area (Å²) in [5.41, 5.74) is 0. The van der Waals surface area contributed by atoms with Gasteiger partial charge in [0.1, 0.15) is 5.76 Å². The third-order valence-corrected chi connectivity index (χ3v) is 2.54. The molecule has 0 radical (unpaired) electrons. The molecular formula is C8H9BrO2. The highest BCUT2D eigenvalue weighted by Gasteiger charge is 2.30. The van der Waals surface area contributed by atoms with Crippen LogP contribution in [0.15, 0.2) is 21.2 Å². The van der Waals surface area contributed by atoms with E-state index in [0.29, 0.717) is 5.92 Å². The first-order valence-electron chi connectivity index (χ1n) is 3.69. The summed E-state index contributed by atoms with van der Waals surface area (Å²) in [7, 11) is 0. The van der Waals surface area contributed by atoms with E-state index in [1.54, 1.807) is 0 Å². The molecule has 1 fully saturated rings. The first kappa shape index (κ1) is 7.37. The smallest absolute Gasteiger partial charge is 0.169 e. The van der Waals surface area contributed by atoms with Crippen LogP contribution in [-0.4, -0.2) is 11.2 Å². The number of hydrogen-bond donors (Lipinski definition) is 1. The van der Waals surface area contributed by atoms with E-state index in [-0.39, 0.29) is 6.10 Å². The van der Waals surface area contributed by atoms with Gasteiger partial charge in [-0.2, -0.15) is 0 Å². The van der Waals surface area contributed by atoms with Crippen LogP contribution >= 0.6 is 15.9 Å². The van der Waals surface area contributed by atoms with E-state index in [4.69, 9.17) is 9.52 Å². The second-order valence-electron chi connectivity index (χ2n) is 2.96. The summed E-state index contributed by atoms with van der Waals surface area (Å²) in [4.78, 5) is 0. The van der Waals surface area contributed by atoms with Crippen molar-refractivity contribution in [3.8, 4) is 0 Å². The van der Waals surface area contributed by atoms with Crippen molar-refractivity contribution in [1.29, 1.82) is 0 Å². The van der Waals surface area contributed by atoms with Crippen molar-refractivity contribution >= 4 is 15.9 Å². The fourth-order valence-electron chi connectivity index (χ4n) is 1.37. The van der Waals surface area contributed by atoms with Crippen molar-refractivity contribution in [3.63, 3.8) is 0 Å². The summed E-state index contributed by atoms with van der Waals surface area (Å²) in [5, 5.41) is 9.03. The Morgan fingerprint density at radius 2 is 2.18 bits per heavy atom. The van der Waals surface area contributed by atoms with E-state index in [1.807, 2.05) is 12.1 Å². The van der Waals surface area contributed by atoms with Gasteiger partial charge in [-0.3, -0.25) is 0 Å². The standard InChI is InChI=1S/C8H9BrO2/c9-8-2-1-7(11-8)5-3-6(10)4-5/h1-2,5-6,10H,3-4H2. The van der Waals surface area contributed by atoms with Gasteiger partial charge < -0.3 is 9.52 Å². The average Bonchev–Trinajstić information content (AvgIpc) is 2.29. The molecule has 3 heteroatoms. The van der Waals surface area contributed by atoms with Crippen molar-refractivity contribution in [2.45, 2.75) is 24.9 Å². The zero-order chi connectivity index (χ0) is 7.84. The fraction of sp³-hybridized carbons (Fsp3) is 0.500. The van der Waals surface area contributed by atoms with Crippen LogP contribution in [0.3, 0.4) is 0 Å². The summed E-state index contributed by atoms with van der Waals surface area (Å²) in [5.74, 6) is 1.43. The van der Waals surface area contributed by atoms with Gasteiger partial charge in [0.15, 0.2) is 4.67 Å². The van der Waals surface area contributed by atoms with Gasteiger partial charge in [-0.25, -0.2) is 0 Å². The number of rotatable bonds is 1. The molecule has 1 aliphatic rings. The topological polar surface area (TPSA) is 33.4 Å². The Morgan fingerprint density at radius 1 is 1.45 bits per heavy atom. The van der Waals surface area contributed by atoms with E-state index in [2.05, 4.69) is 15.9 Å². The molecule has 0 bridgehead atoms. The molecule has 0 spiro atoms. The number of aliphatic hydroxyl groups is 1. The van der Waals surface area contributed by atoms with E-state index < -0.39 is 0 Å². The monoisotopic (exact) mass is 216 g/mol. The van der Waals surface area contributed by atoms with Crippen molar-refractivity contribution < 1.29 is 9.52 Å². The van der Waals surface area contributed by atoms with Crippen LogP contribution in [0.25, 0.3) is 0 Å². The zero-order valence-corrected chi connectivity index (χ0v) is 7.54. The molecule has 0 saturated heterocycles. The molecular weight excluding hydrogens is 208 g/mol. The quantitative estimate of drug-likeness (QED) is 0.782. The van der Waals surface area contributed by atoms with Gasteiger partial charge >= 0.3 is 0 Å². The van der Waals surface area contributed by atoms with Gasteiger partial charge in [0.05, 0.1) is 6.10 Å². The lowest BCUT2D eigenvalue weighted by atomic mass is 9.81. The highest BCUT2D eigenvalue weighted by molar-refractivity contribution is 9.10.